The van der Waals surface area contributed by atoms with Crippen LogP contribution in [-0.2, 0) is 0 Å². The minimum atomic E-state index is 0.0369. The molecular weight excluding hydrogens is 190 g/mol. The van der Waals surface area contributed by atoms with Crippen molar-refractivity contribution in [1.82, 2.24) is 4.98 Å². The summed E-state index contributed by atoms with van der Waals surface area (Å²) >= 11 is 0. The Hall–Kier alpha value is -1.58. The van der Waals surface area contributed by atoms with Gasteiger partial charge < -0.3 is 10.5 Å². The molecule has 0 aliphatic carbocycles. The average Bonchev–Trinajstić information content (AvgIpc) is 2.13. The maximum absolute atomic E-state index is 7.34. The van der Waals surface area contributed by atoms with E-state index in [1.54, 1.807) is 12.1 Å². The molecule has 0 radical (unpaired) electrons. The highest BCUT2D eigenvalue weighted by Gasteiger charge is 2.04. The van der Waals surface area contributed by atoms with Crippen molar-refractivity contribution in [1.29, 1.82) is 5.41 Å². The van der Waals surface area contributed by atoms with E-state index in [2.05, 4.69) is 18.8 Å². The summed E-state index contributed by atoms with van der Waals surface area (Å²) < 4.78 is 5.48. The normalized spacial score (nSPS) is 10.4. The number of nitrogens with two attached hydrogens (primary N) is 1. The Bertz CT molecular complexity index is 361. The van der Waals surface area contributed by atoms with Gasteiger partial charge in [0.15, 0.2) is 0 Å². The molecule has 82 valence electrons. The second-order valence-electron chi connectivity index (χ2n) is 3.95. The molecule has 4 nitrogen and oxygen atoms in total. The van der Waals surface area contributed by atoms with E-state index in [0.717, 1.165) is 5.69 Å². The highest BCUT2D eigenvalue weighted by atomic mass is 16.5. The minimum Gasteiger partial charge on any atom is -0.477 e. The van der Waals surface area contributed by atoms with E-state index in [1.807, 2.05) is 6.92 Å². The van der Waals surface area contributed by atoms with Gasteiger partial charge in [0, 0.05) is 17.3 Å². The second kappa shape index (κ2) is 4.77. The number of hydrogen-bond acceptors (Lipinski definition) is 3. The maximum atomic E-state index is 7.34. The molecule has 1 aromatic heterocycles. The molecule has 0 bridgehead atoms. The van der Waals surface area contributed by atoms with E-state index in [9.17, 15) is 0 Å². The van der Waals surface area contributed by atoms with Crippen molar-refractivity contribution in [3.8, 4) is 5.88 Å². The minimum absolute atomic E-state index is 0.0369. The molecule has 1 rings (SSSR count). The van der Waals surface area contributed by atoms with Crippen LogP contribution in [0.15, 0.2) is 12.1 Å². The molecule has 0 saturated carbocycles. The van der Waals surface area contributed by atoms with Crippen molar-refractivity contribution in [2.24, 2.45) is 11.7 Å². The van der Waals surface area contributed by atoms with Gasteiger partial charge in [-0.1, -0.05) is 13.8 Å². The molecule has 0 fully saturated rings. The number of hydrogen-bond donors (Lipinski definition) is 2. The number of ether oxygens (including phenoxy) is 1. The van der Waals surface area contributed by atoms with Gasteiger partial charge in [-0.05, 0) is 18.9 Å². The third kappa shape index (κ3) is 3.58. The Labute approximate surface area is 90.0 Å². The van der Waals surface area contributed by atoms with E-state index in [0.29, 0.717) is 24.0 Å². The van der Waals surface area contributed by atoms with Crippen molar-refractivity contribution in [3.63, 3.8) is 0 Å². The van der Waals surface area contributed by atoms with Gasteiger partial charge in [-0.15, -0.1) is 0 Å². The molecule has 1 heterocycles. The molecule has 0 unspecified atom stereocenters. The van der Waals surface area contributed by atoms with Gasteiger partial charge in [0.2, 0.25) is 5.88 Å². The van der Waals surface area contributed by atoms with E-state index in [-0.39, 0.29) is 5.84 Å². The first-order valence-corrected chi connectivity index (χ1v) is 4.95. The molecule has 15 heavy (non-hydrogen) atoms. The Morgan fingerprint density at radius 1 is 1.53 bits per heavy atom. The molecule has 0 spiro atoms. The van der Waals surface area contributed by atoms with Crippen LogP contribution in [0.5, 0.6) is 5.88 Å². The molecule has 1 aromatic rings. The van der Waals surface area contributed by atoms with Gasteiger partial charge in [0.25, 0.3) is 0 Å². The number of nitrogen functional groups attached to an aromatic ring is 1. The van der Waals surface area contributed by atoms with Crippen molar-refractivity contribution in [3.05, 3.63) is 23.4 Å². The van der Waals surface area contributed by atoms with E-state index >= 15 is 0 Å². The van der Waals surface area contributed by atoms with Crippen LogP contribution < -0.4 is 10.5 Å². The largest absolute Gasteiger partial charge is 0.477 e. The van der Waals surface area contributed by atoms with Crippen molar-refractivity contribution >= 4 is 5.84 Å². The predicted octanol–water partition coefficient (Wildman–Crippen LogP) is 1.71. The van der Waals surface area contributed by atoms with Gasteiger partial charge in [0.05, 0.1) is 6.61 Å². The third-order valence-electron chi connectivity index (χ3n) is 1.81. The number of aromatic nitrogens is 1. The summed E-state index contributed by atoms with van der Waals surface area (Å²) in [5, 5.41) is 7.34. The van der Waals surface area contributed by atoms with Crippen LogP contribution in [0.3, 0.4) is 0 Å². The summed E-state index contributed by atoms with van der Waals surface area (Å²) in [6, 6.07) is 3.46. The number of nitrogens with zero attached hydrogens (tertiary/aromatic N) is 1. The third-order valence-corrected chi connectivity index (χ3v) is 1.81. The van der Waals surface area contributed by atoms with Gasteiger partial charge in [0.1, 0.15) is 5.84 Å². The van der Waals surface area contributed by atoms with E-state index < -0.39 is 0 Å². The lowest BCUT2D eigenvalue weighted by Crippen LogP contribution is -2.13. The quantitative estimate of drug-likeness (QED) is 0.583. The standard InChI is InChI=1S/C11H17N3O/c1-7(2)6-15-10-5-9(11(12)13)4-8(3)14-10/h4-5,7H,6H2,1-3H3,(H3,12,13). The Morgan fingerprint density at radius 2 is 2.20 bits per heavy atom. The van der Waals surface area contributed by atoms with Crippen molar-refractivity contribution in [2.75, 3.05) is 6.61 Å². The highest BCUT2D eigenvalue weighted by Crippen LogP contribution is 2.12. The Kier molecular flexibility index (Phi) is 3.66. The van der Waals surface area contributed by atoms with Crippen LogP contribution in [0, 0.1) is 18.3 Å². The van der Waals surface area contributed by atoms with Crippen LogP contribution in [0.2, 0.25) is 0 Å². The average molecular weight is 207 g/mol. The van der Waals surface area contributed by atoms with Gasteiger partial charge >= 0.3 is 0 Å². The molecule has 0 amide bonds. The zero-order valence-electron chi connectivity index (χ0n) is 9.37. The number of aryl methyl sites for hydroxylation is 1. The van der Waals surface area contributed by atoms with Crippen molar-refractivity contribution in [2.45, 2.75) is 20.8 Å². The molecule has 0 aromatic carbocycles. The first-order valence-electron chi connectivity index (χ1n) is 4.95. The second-order valence-corrected chi connectivity index (χ2v) is 3.95. The molecule has 4 heteroatoms. The fraction of sp³-hybridized carbons (Fsp3) is 0.455. The molecule has 0 saturated heterocycles. The zero-order valence-corrected chi connectivity index (χ0v) is 9.37. The lowest BCUT2D eigenvalue weighted by atomic mass is 10.2. The van der Waals surface area contributed by atoms with Crippen molar-refractivity contribution < 1.29 is 4.74 Å². The number of nitrogens with one attached hydrogen (secondary N) is 1. The first kappa shape index (κ1) is 11.5. The van der Waals surface area contributed by atoms with Crippen LogP contribution in [0.4, 0.5) is 0 Å². The summed E-state index contributed by atoms with van der Waals surface area (Å²) in [6.07, 6.45) is 0. The van der Waals surface area contributed by atoms with Crippen LogP contribution in [-0.4, -0.2) is 17.4 Å². The summed E-state index contributed by atoms with van der Waals surface area (Å²) in [4.78, 5) is 4.21. The summed E-state index contributed by atoms with van der Waals surface area (Å²) in [7, 11) is 0. The topological polar surface area (TPSA) is 72.0 Å². The van der Waals surface area contributed by atoms with E-state index in [4.69, 9.17) is 15.9 Å². The molecule has 0 aliphatic rings. The molecule has 3 N–H and O–H groups in total. The summed E-state index contributed by atoms with van der Waals surface area (Å²) in [5.74, 6) is 1.02. The first-order chi connectivity index (χ1) is 6.99. The van der Waals surface area contributed by atoms with Crippen LogP contribution >= 0.6 is 0 Å². The number of pyridine rings is 1. The maximum Gasteiger partial charge on any atom is 0.214 e. The number of rotatable bonds is 4. The monoisotopic (exact) mass is 207 g/mol. The van der Waals surface area contributed by atoms with Gasteiger partial charge in [-0.3, -0.25) is 5.41 Å². The molecular formula is C11H17N3O. The van der Waals surface area contributed by atoms with Gasteiger partial charge in [-0.25, -0.2) is 4.98 Å². The zero-order chi connectivity index (χ0) is 11.4. The van der Waals surface area contributed by atoms with E-state index in [1.165, 1.54) is 0 Å². The lowest BCUT2D eigenvalue weighted by Gasteiger charge is -2.09. The lowest BCUT2D eigenvalue weighted by molar-refractivity contribution is 0.261. The predicted molar refractivity (Wildman–Crippen MR) is 60.3 cm³/mol. The fourth-order valence-electron chi connectivity index (χ4n) is 1.12. The number of amidine groups is 1. The molecule has 0 aliphatic heterocycles. The summed E-state index contributed by atoms with van der Waals surface area (Å²) in [5.41, 5.74) is 6.87. The Balaban J connectivity index is 2.84. The highest BCUT2D eigenvalue weighted by molar-refractivity contribution is 5.95. The van der Waals surface area contributed by atoms with Crippen LogP contribution in [0.25, 0.3) is 0 Å². The van der Waals surface area contributed by atoms with Crippen LogP contribution in [0.1, 0.15) is 25.1 Å². The molecule has 0 atom stereocenters. The smallest absolute Gasteiger partial charge is 0.214 e. The summed E-state index contributed by atoms with van der Waals surface area (Å²) in [6.45, 7) is 6.62. The Morgan fingerprint density at radius 3 is 2.73 bits per heavy atom. The fourth-order valence-corrected chi connectivity index (χ4v) is 1.12. The SMILES string of the molecule is Cc1cc(C(=N)N)cc(OCC(C)C)n1. The van der Waals surface area contributed by atoms with Gasteiger partial charge in [-0.2, -0.15) is 0 Å².